The van der Waals surface area contributed by atoms with Crippen LogP contribution >= 0.6 is 0 Å². The minimum absolute atomic E-state index is 1.10. The van der Waals surface area contributed by atoms with Gasteiger partial charge in [-0.3, -0.25) is 0 Å². The lowest BCUT2D eigenvalue weighted by Gasteiger charge is -2.26. The Morgan fingerprint density at radius 2 is 0.679 bits per heavy atom. The number of fused-ring (bicyclic) bond motifs is 3. The molecule has 0 radical (unpaired) electrons. The van der Waals surface area contributed by atoms with E-state index in [1.807, 2.05) is 0 Å². The maximum absolute atomic E-state index is 2.37. The van der Waals surface area contributed by atoms with Gasteiger partial charge in [0.15, 0.2) is 0 Å². The van der Waals surface area contributed by atoms with Crippen molar-refractivity contribution in [3.63, 3.8) is 0 Å². The number of para-hydroxylation sites is 2. The van der Waals surface area contributed by atoms with Crippen molar-refractivity contribution >= 4 is 38.9 Å². The van der Waals surface area contributed by atoms with Crippen molar-refractivity contribution in [2.45, 2.75) is 0 Å². The minimum Gasteiger partial charge on any atom is -0.310 e. The molecule has 0 atom stereocenters. The number of aromatic nitrogens is 1. The van der Waals surface area contributed by atoms with E-state index in [0.29, 0.717) is 0 Å². The summed E-state index contributed by atoms with van der Waals surface area (Å²) in [5.74, 6) is 0. The largest absolute Gasteiger partial charge is 0.310 e. The van der Waals surface area contributed by atoms with Crippen LogP contribution in [0.2, 0.25) is 0 Å². The first-order valence-corrected chi connectivity index (χ1v) is 19.2. The Morgan fingerprint density at radius 3 is 1.29 bits per heavy atom. The van der Waals surface area contributed by atoms with Gasteiger partial charge in [0.1, 0.15) is 0 Å². The van der Waals surface area contributed by atoms with Gasteiger partial charge in [-0.25, -0.2) is 0 Å². The van der Waals surface area contributed by atoms with Crippen LogP contribution in [0.3, 0.4) is 0 Å². The first-order valence-electron chi connectivity index (χ1n) is 19.2. The van der Waals surface area contributed by atoms with E-state index in [2.05, 4.69) is 240 Å². The molecule has 0 aliphatic heterocycles. The van der Waals surface area contributed by atoms with Crippen LogP contribution < -0.4 is 4.90 Å². The van der Waals surface area contributed by atoms with Crippen LogP contribution in [0.1, 0.15) is 0 Å². The van der Waals surface area contributed by atoms with E-state index in [9.17, 15) is 0 Å². The first-order chi connectivity index (χ1) is 27.8. The van der Waals surface area contributed by atoms with E-state index in [1.54, 1.807) is 0 Å². The van der Waals surface area contributed by atoms with Gasteiger partial charge in [-0.15, -0.1) is 0 Å². The van der Waals surface area contributed by atoms with E-state index < -0.39 is 0 Å². The molecular weight excluding hydrogens is 677 g/mol. The lowest BCUT2D eigenvalue weighted by atomic mass is 9.97. The molecule has 0 aliphatic carbocycles. The summed E-state index contributed by atoms with van der Waals surface area (Å²) < 4.78 is 2.37. The molecule has 9 aromatic carbocycles. The van der Waals surface area contributed by atoms with Crippen LogP contribution in [0.15, 0.2) is 231 Å². The zero-order chi connectivity index (χ0) is 37.3. The molecule has 10 rings (SSSR count). The molecule has 0 spiro atoms. The fourth-order valence-electron chi connectivity index (χ4n) is 8.02. The normalized spacial score (nSPS) is 11.2. The Bertz CT molecular complexity index is 2840. The fraction of sp³-hybridized carbons (Fsp3) is 0. The monoisotopic (exact) mass is 714 g/mol. The molecule has 0 saturated carbocycles. The summed E-state index contributed by atoms with van der Waals surface area (Å²) >= 11 is 0. The van der Waals surface area contributed by atoms with Crippen LogP contribution in [-0.4, -0.2) is 4.57 Å². The zero-order valence-electron chi connectivity index (χ0n) is 30.8. The van der Waals surface area contributed by atoms with Crippen molar-refractivity contribution in [1.82, 2.24) is 4.57 Å². The van der Waals surface area contributed by atoms with Gasteiger partial charge in [-0.1, -0.05) is 158 Å². The van der Waals surface area contributed by atoms with Crippen LogP contribution in [0.5, 0.6) is 0 Å². The SMILES string of the molecule is c1ccc(-c2ccc(N(c3ccc(-c4ccccc4)cc3)c3cccc(-c4cccc(-c5ccc6c(c5)c5ccccc5n6-c5ccccc5)c4)c3)cc2)cc1. The van der Waals surface area contributed by atoms with Crippen molar-refractivity contribution < 1.29 is 0 Å². The number of anilines is 3. The second-order valence-electron chi connectivity index (χ2n) is 14.2. The van der Waals surface area contributed by atoms with E-state index in [0.717, 1.165) is 22.6 Å². The summed E-state index contributed by atoms with van der Waals surface area (Å²) in [5, 5.41) is 2.51. The van der Waals surface area contributed by atoms with Crippen LogP contribution in [-0.2, 0) is 0 Å². The van der Waals surface area contributed by atoms with Gasteiger partial charge in [0.25, 0.3) is 0 Å². The molecule has 2 heteroatoms. The van der Waals surface area contributed by atoms with Crippen molar-refractivity contribution in [3.05, 3.63) is 231 Å². The second-order valence-corrected chi connectivity index (χ2v) is 14.2. The molecule has 2 nitrogen and oxygen atoms in total. The fourth-order valence-corrected chi connectivity index (χ4v) is 8.02. The Hall–Kier alpha value is -7.42. The highest BCUT2D eigenvalue weighted by molar-refractivity contribution is 6.10. The first kappa shape index (κ1) is 33.2. The van der Waals surface area contributed by atoms with E-state index in [-0.39, 0.29) is 0 Å². The summed E-state index contributed by atoms with van der Waals surface area (Å²) in [6.07, 6.45) is 0. The molecule has 264 valence electrons. The number of hydrogen-bond acceptors (Lipinski definition) is 1. The highest BCUT2D eigenvalue weighted by Gasteiger charge is 2.16. The van der Waals surface area contributed by atoms with Gasteiger partial charge >= 0.3 is 0 Å². The highest BCUT2D eigenvalue weighted by Crippen LogP contribution is 2.40. The number of hydrogen-bond donors (Lipinski definition) is 0. The topological polar surface area (TPSA) is 8.17 Å². The third-order valence-electron chi connectivity index (χ3n) is 10.8. The lowest BCUT2D eigenvalue weighted by Crippen LogP contribution is -2.10. The Balaban J connectivity index is 1.03. The number of rotatable bonds is 8. The van der Waals surface area contributed by atoms with Crippen molar-refractivity contribution in [1.29, 1.82) is 0 Å². The van der Waals surface area contributed by atoms with Crippen molar-refractivity contribution in [2.24, 2.45) is 0 Å². The zero-order valence-corrected chi connectivity index (χ0v) is 30.8. The Labute approximate surface area is 327 Å². The minimum atomic E-state index is 1.10. The summed E-state index contributed by atoms with van der Waals surface area (Å²) in [6, 6.07) is 83.0. The predicted molar refractivity (Wildman–Crippen MR) is 237 cm³/mol. The van der Waals surface area contributed by atoms with Crippen molar-refractivity contribution in [2.75, 3.05) is 4.90 Å². The molecule has 0 saturated heterocycles. The van der Waals surface area contributed by atoms with E-state index >= 15 is 0 Å². The molecule has 1 heterocycles. The van der Waals surface area contributed by atoms with Gasteiger partial charge < -0.3 is 9.47 Å². The summed E-state index contributed by atoms with van der Waals surface area (Å²) in [6.45, 7) is 0. The Kier molecular flexibility index (Phi) is 8.55. The molecular formula is C54H38N2. The van der Waals surface area contributed by atoms with E-state index in [4.69, 9.17) is 0 Å². The van der Waals surface area contributed by atoms with Gasteiger partial charge in [0, 0.05) is 33.5 Å². The molecule has 0 amide bonds. The maximum atomic E-state index is 2.37. The summed E-state index contributed by atoms with van der Waals surface area (Å²) in [4.78, 5) is 2.35. The quantitative estimate of drug-likeness (QED) is 0.152. The number of nitrogens with zero attached hydrogens (tertiary/aromatic N) is 2. The van der Waals surface area contributed by atoms with Gasteiger partial charge in [0.05, 0.1) is 11.0 Å². The predicted octanol–water partition coefficient (Wildman–Crippen LogP) is 14.9. The molecule has 56 heavy (non-hydrogen) atoms. The van der Waals surface area contributed by atoms with Crippen LogP contribution in [0, 0.1) is 0 Å². The number of benzene rings is 9. The lowest BCUT2D eigenvalue weighted by molar-refractivity contribution is 1.18. The molecule has 0 unspecified atom stereocenters. The molecule has 10 aromatic rings. The Morgan fingerprint density at radius 1 is 0.250 bits per heavy atom. The molecule has 0 aliphatic rings. The van der Waals surface area contributed by atoms with Crippen LogP contribution in [0.4, 0.5) is 17.1 Å². The third kappa shape index (κ3) is 6.24. The molecule has 0 bridgehead atoms. The molecule has 0 fully saturated rings. The second kappa shape index (κ2) is 14.4. The third-order valence-corrected chi connectivity index (χ3v) is 10.8. The standard InChI is InChI=1S/C54H38N2/c1-4-14-39(15-5-1)41-26-31-48(32-27-41)55(49-33-28-42(29-34-49)40-16-6-2-7-17-40)50-23-13-20-45(37-50)43-18-12-19-44(36-43)46-30-35-54-52(38-46)51-24-10-11-25-53(51)56(54)47-21-8-3-9-22-47/h1-38H. The highest BCUT2D eigenvalue weighted by atomic mass is 15.1. The van der Waals surface area contributed by atoms with Crippen LogP contribution in [0.25, 0.3) is 72.0 Å². The van der Waals surface area contributed by atoms with Gasteiger partial charge in [-0.2, -0.15) is 0 Å². The molecule has 1 aromatic heterocycles. The smallest absolute Gasteiger partial charge is 0.0541 e. The average molecular weight is 715 g/mol. The molecule has 0 N–H and O–H groups in total. The average Bonchev–Trinajstić information content (AvgIpc) is 3.62. The van der Waals surface area contributed by atoms with Gasteiger partial charge in [-0.05, 0) is 117 Å². The van der Waals surface area contributed by atoms with E-state index in [1.165, 1.54) is 66.4 Å². The maximum Gasteiger partial charge on any atom is 0.0541 e. The summed E-state index contributed by atoms with van der Waals surface area (Å²) in [5.41, 5.74) is 16.4. The van der Waals surface area contributed by atoms with Crippen molar-refractivity contribution in [3.8, 4) is 50.2 Å². The summed E-state index contributed by atoms with van der Waals surface area (Å²) in [7, 11) is 0. The van der Waals surface area contributed by atoms with Gasteiger partial charge in [0.2, 0.25) is 0 Å².